The number of allylic oxidation sites excluding steroid dienone is 1. The Morgan fingerprint density at radius 3 is 1.64 bits per heavy atom. The van der Waals surface area contributed by atoms with Crippen molar-refractivity contribution in [3.05, 3.63) is 69.7 Å². The lowest BCUT2D eigenvalue weighted by molar-refractivity contribution is -0.155. The van der Waals surface area contributed by atoms with Gasteiger partial charge in [-0.05, 0) is 38.1 Å². The van der Waals surface area contributed by atoms with E-state index in [2.05, 4.69) is 0 Å². The predicted octanol–water partition coefficient (Wildman–Crippen LogP) is 4.43. The number of halogens is 2. The summed E-state index contributed by atoms with van der Waals surface area (Å²) in [5, 5.41) is 0.422. The van der Waals surface area contributed by atoms with Crippen LogP contribution in [0.5, 0.6) is 0 Å². The summed E-state index contributed by atoms with van der Waals surface area (Å²) >= 11 is 12.8. The van der Waals surface area contributed by atoms with E-state index in [1.54, 1.807) is 69.3 Å². The van der Waals surface area contributed by atoms with E-state index in [0.717, 1.165) is 9.80 Å². The molecule has 5 aliphatic rings. The summed E-state index contributed by atoms with van der Waals surface area (Å²) < 4.78 is 5.39. The monoisotopic (exact) mass is 566 g/mol. The average Bonchev–Trinajstić information content (AvgIpc) is 3.31. The molecule has 7 rings (SSSR count). The van der Waals surface area contributed by atoms with Gasteiger partial charge in [0, 0.05) is 16.9 Å². The second kappa shape index (κ2) is 8.76. The Bertz CT molecular complexity index is 1440. The molecular weight excluding hydrogens is 543 g/mol. The normalized spacial score (nSPS) is 31.3. The number of imide groups is 2. The molecule has 200 valence electrons. The van der Waals surface area contributed by atoms with Crippen LogP contribution < -0.4 is 9.80 Å². The number of ether oxygens (including phenoxy) is 1. The minimum absolute atomic E-state index is 0.0792. The van der Waals surface area contributed by atoms with E-state index < -0.39 is 64.6 Å². The van der Waals surface area contributed by atoms with Gasteiger partial charge in [-0.25, -0.2) is 14.6 Å². The van der Waals surface area contributed by atoms with E-state index in [-0.39, 0.29) is 33.6 Å². The number of benzene rings is 2. The van der Waals surface area contributed by atoms with Gasteiger partial charge in [0.25, 0.3) is 0 Å². The molecule has 8 nitrogen and oxygen atoms in total. The van der Waals surface area contributed by atoms with Gasteiger partial charge in [-0.15, -0.1) is 0 Å². The Hall–Kier alpha value is -3.49. The average molecular weight is 567 g/mol. The summed E-state index contributed by atoms with van der Waals surface area (Å²) in [6, 6.07) is 13.0. The van der Waals surface area contributed by atoms with Crippen molar-refractivity contribution in [1.29, 1.82) is 0 Å². The molecule has 0 N–H and O–H groups in total. The third kappa shape index (κ3) is 3.16. The number of para-hydroxylation sites is 2. The Kier molecular flexibility index (Phi) is 5.79. The van der Waals surface area contributed by atoms with Gasteiger partial charge in [-0.3, -0.25) is 19.2 Å². The number of carbonyl (C=O) groups excluding carboxylic acids is 5. The molecule has 3 aliphatic carbocycles. The quantitative estimate of drug-likeness (QED) is 0.400. The summed E-state index contributed by atoms with van der Waals surface area (Å²) in [7, 11) is 0. The van der Waals surface area contributed by atoms with Crippen LogP contribution in [-0.2, 0) is 28.7 Å². The van der Waals surface area contributed by atoms with Crippen LogP contribution in [0.1, 0.15) is 20.8 Å². The van der Waals surface area contributed by atoms with E-state index in [9.17, 15) is 24.0 Å². The number of rotatable bonds is 4. The maximum Gasteiger partial charge on any atom is 0.334 e. The molecule has 0 radical (unpaired) electrons. The first-order chi connectivity index (χ1) is 18.6. The number of carbonyl (C=O) groups is 5. The molecule has 2 saturated heterocycles. The van der Waals surface area contributed by atoms with E-state index in [4.69, 9.17) is 27.9 Å². The molecule has 0 aromatic heterocycles. The summed E-state index contributed by atoms with van der Waals surface area (Å²) in [5.74, 6) is -7.72. The second-order valence-corrected chi connectivity index (χ2v) is 11.3. The topological polar surface area (TPSA) is 101 Å². The fraction of sp³-hybridized carbons (Fsp3) is 0.345. The Balaban J connectivity index is 1.57. The predicted molar refractivity (Wildman–Crippen MR) is 143 cm³/mol. The zero-order valence-corrected chi connectivity index (χ0v) is 22.8. The van der Waals surface area contributed by atoms with Crippen molar-refractivity contribution in [1.82, 2.24) is 0 Å². The van der Waals surface area contributed by atoms with E-state index >= 15 is 0 Å². The Labute approximate surface area is 234 Å². The lowest BCUT2D eigenvalue weighted by atomic mass is 9.43. The van der Waals surface area contributed by atoms with Gasteiger partial charge in [0.15, 0.2) is 0 Å². The Morgan fingerprint density at radius 1 is 0.795 bits per heavy atom. The van der Waals surface area contributed by atoms with Gasteiger partial charge < -0.3 is 4.74 Å². The largest absolute Gasteiger partial charge is 0.463 e. The van der Waals surface area contributed by atoms with Gasteiger partial charge in [-0.1, -0.05) is 60.0 Å². The zero-order valence-electron chi connectivity index (χ0n) is 21.3. The van der Waals surface area contributed by atoms with Crippen molar-refractivity contribution in [3.8, 4) is 0 Å². The first-order valence-electron chi connectivity index (χ1n) is 12.7. The zero-order chi connectivity index (χ0) is 28.0. The van der Waals surface area contributed by atoms with Crippen LogP contribution in [0.25, 0.3) is 0 Å². The number of amides is 4. The molecule has 6 atom stereocenters. The fourth-order valence-electron chi connectivity index (χ4n) is 7.55. The highest BCUT2D eigenvalue weighted by molar-refractivity contribution is 6.37. The molecular formula is C29H24Cl2N2O6. The minimum atomic E-state index is -1.49. The van der Waals surface area contributed by atoms with Crippen molar-refractivity contribution >= 4 is 64.2 Å². The molecule has 39 heavy (non-hydrogen) atoms. The molecule has 2 aliphatic heterocycles. The maximum atomic E-state index is 14.2. The minimum Gasteiger partial charge on any atom is -0.463 e. The molecule has 1 saturated carbocycles. The lowest BCUT2D eigenvalue weighted by Gasteiger charge is -2.55. The van der Waals surface area contributed by atoms with Gasteiger partial charge >= 0.3 is 5.97 Å². The highest BCUT2D eigenvalue weighted by Crippen LogP contribution is 2.69. The lowest BCUT2D eigenvalue weighted by Crippen LogP contribution is -2.61. The molecule has 2 aromatic rings. The van der Waals surface area contributed by atoms with Crippen molar-refractivity contribution in [2.45, 2.75) is 20.8 Å². The smallest absolute Gasteiger partial charge is 0.334 e. The fourth-order valence-corrected chi connectivity index (χ4v) is 7.99. The summed E-state index contributed by atoms with van der Waals surface area (Å²) in [6.07, 6.45) is 0. The van der Waals surface area contributed by atoms with Crippen LogP contribution in [0, 0.1) is 35.0 Å². The highest BCUT2D eigenvalue weighted by Gasteiger charge is 2.77. The molecule has 4 amide bonds. The standard InChI is InChI=1S/C29H24Cl2N2O6/c1-4-39-28(38)21-13(2)18-19-22(26(36)32(24(19)34)16-11-7-5-9-14(16)30)29(21,3)23-20(18)25(35)33(27(23)37)17-12-8-6-10-15(17)31/h5-12,18-20,22-23H,4H2,1-3H3/t18?,19-,20+,22-,23+,29?. The Morgan fingerprint density at radius 2 is 1.23 bits per heavy atom. The van der Waals surface area contributed by atoms with E-state index in [0.29, 0.717) is 5.57 Å². The molecule has 10 heteroatoms. The summed E-state index contributed by atoms with van der Waals surface area (Å²) in [6.45, 7) is 5.06. The molecule has 2 aromatic carbocycles. The summed E-state index contributed by atoms with van der Waals surface area (Å²) in [5.41, 5.74) is -0.375. The number of anilines is 2. The highest BCUT2D eigenvalue weighted by atomic mass is 35.5. The number of hydrogen-bond donors (Lipinski definition) is 0. The van der Waals surface area contributed by atoms with Crippen molar-refractivity contribution in [2.24, 2.45) is 35.0 Å². The molecule has 2 heterocycles. The van der Waals surface area contributed by atoms with Crippen LogP contribution in [0.4, 0.5) is 11.4 Å². The molecule has 2 bridgehead atoms. The van der Waals surface area contributed by atoms with Gasteiger partial charge in [0.1, 0.15) is 0 Å². The molecule has 3 fully saturated rings. The summed E-state index contributed by atoms with van der Waals surface area (Å²) in [4.78, 5) is 71.9. The van der Waals surface area contributed by atoms with E-state index in [1.165, 1.54) is 0 Å². The number of esters is 1. The second-order valence-electron chi connectivity index (χ2n) is 10.5. The first kappa shape index (κ1) is 25.8. The number of nitrogens with zero attached hydrogens (tertiary/aromatic N) is 2. The number of hydrogen-bond acceptors (Lipinski definition) is 6. The molecule has 2 unspecified atom stereocenters. The SMILES string of the molecule is CCOC(=O)C1=C(C)C2[C@H]3C(=O)N(c4ccccc4Cl)C(=O)[C@@H]3C1(C)[C@@H]1C(=O)N(c3ccccc3Cl)C(=O)[C@@H]21. The third-order valence-electron chi connectivity index (χ3n) is 8.87. The van der Waals surface area contributed by atoms with Crippen LogP contribution in [0.2, 0.25) is 10.0 Å². The van der Waals surface area contributed by atoms with Crippen LogP contribution >= 0.6 is 23.2 Å². The van der Waals surface area contributed by atoms with Crippen molar-refractivity contribution < 1.29 is 28.7 Å². The van der Waals surface area contributed by atoms with Gasteiger partial charge in [0.05, 0.1) is 51.7 Å². The van der Waals surface area contributed by atoms with Gasteiger partial charge in [-0.2, -0.15) is 0 Å². The van der Waals surface area contributed by atoms with Gasteiger partial charge in [0.2, 0.25) is 23.6 Å². The molecule has 0 spiro atoms. The van der Waals surface area contributed by atoms with Crippen LogP contribution in [0.3, 0.4) is 0 Å². The first-order valence-corrected chi connectivity index (χ1v) is 13.5. The van der Waals surface area contributed by atoms with Crippen molar-refractivity contribution in [2.75, 3.05) is 16.4 Å². The van der Waals surface area contributed by atoms with Crippen LogP contribution in [0.15, 0.2) is 59.7 Å². The van der Waals surface area contributed by atoms with Crippen LogP contribution in [-0.4, -0.2) is 36.2 Å². The van der Waals surface area contributed by atoms with E-state index in [1.807, 2.05) is 0 Å². The third-order valence-corrected chi connectivity index (χ3v) is 9.51. The van der Waals surface area contributed by atoms with Crippen molar-refractivity contribution in [3.63, 3.8) is 0 Å². The maximum absolute atomic E-state index is 14.2.